The number of carbonyl (C=O) groups is 2. The molecule has 2 rings (SSSR count). The molecule has 0 atom stereocenters. The summed E-state index contributed by atoms with van der Waals surface area (Å²) in [5, 5.41) is 2.84. The van der Waals surface area contributed by atoms with Gasteiger partial charge in [-0.1, -0.05) is 17.7 Å². The first-order valence-corrected chi connectivity index (χ1v) is 10.2. The van der Waals surface area contributed by atoms with E-state index >= 15 is 0 Å². The fraction of sp³-hybridized carbons (Fsp3) is 0.222. The van der Waals surface area contributed by atoms with Crippen LogP contribution in [-0.4, -0.2) is 33.2 Å². The summed E-state index contributed by atoms with van der Waals surface area (Å²) in [5.74, 6) is -1.04. The topological polar surface area (TPSA) is 102 Å². The minimum atomic E-state index is -3.49. The number of ether oxygens (including phenoxy) is 1. The monoisotopic (exact) mass is 410 g/mol. The number of nitrogens with one attached hydrogen (secondary N) is 2. The van der Waals surface area contributed by atoms with Gasteiger partial charge < -0.3 is 10.1 Å². The van der Waals surface area contributed by atoms with Gasteiger partial charge in [0, 0.05) is 11.4 Å². The molecule has 2 aromatic rings. The largest absolute Gasteiger partial charge is 0.462 e. The maximum atomic E-state index is 12.6. The van der Waals surface area contributed by atoms with Crippen molar-refractivity contribution in [3.63, 3.8) is 0 Å². The highest BCUT2D eigenvalue weighted by molar-refractivity contribution is 7.92. The van der Waals surface area contributed by atoms with E-state index in [0.717, 1.165) is 11.8 Å². The number of hydrogen-bond donors (Lipinski definition) is 2. The molecule has 0 spiro atoms. The highest BCUT2D eigenvalue weighted by Gasteiger charge is 2.15. The van der Waals surface area contributed by atoms with E-state index in [-0.39, 0.29) is 22.9 Å². The van der Waals surface area contributed by atoms with Crippen molar-refractivity contribution in [3.8, 4) is 0 Å². The first-order valence-electron chi connectivity index (χ1n) is 7.97. The lowest BCUT2D eigenvalue weighted by molar-refractivity contribution is 0.0526. The van der Waals surface area contributed by atoms with Gasteiger partial charge in [0.05, 0.1) is 29.0 Å². The molecule has 0 aliphatic heterocycles. The molecule has 27 heavy (non-hydrogen) atoms. The van der Waals surface area contributed by atoms with Crippen LogP contribution >= 0.6 is 11.6 Å². The average molecular weight is 411 g/mol. The van der Waals surface area contributed by atoms with Crippen LogP contribution in [0.1, 0.15) is 33.2 Å². The summed E-state index contributed by atoms with van der Waals surface area (Å²) >= 11 is 6.08. The lowest BCUT2D eigenvalue weighted by Crippen LogP contribution is -2.16. The lowest BCUT2D eigenvalue weighted by atomic mass is 10.1. The number of benzene rings is 2. The fourth-order valence-electron chi connectivity index (χ4n) is 2.26. The number of esters is 1. The second kappa shape index (κ2) is 8.41. The molecule has 0 heterocycles. The van der Waals surface area contributed by atoms with Crippen molar-refractivity contribution in [1.82, 2.24) is 0 Å². The molecule has 2 aromatic carbocycles. The van der Waals surface area contributed by atoms with Gasteiger partial charge in [-0.25, -0.2) is 13.2 Å². The summed E-state index contributed by atoms with van der Waals surface area (Å²) in [6.07, 6.45) is 1.01. The van der Waals surface area contributed by atoms with Gasteiger partial charge in [-0.2, -0.15) is 0 Å². The molecular weight excluding hydrogens is 392 g/mol. The van der Waals surface area contributed by atoms with Crippen LogP contribution in [0.15, 0.2) is 36.4 Å². The van der Waals surface area contributed by atoms with Crippen LogP contribution < -0.4 is 10.0 Å². The van der Waals surface area contributed by atoms with Gasteiger partial charge in [-0.3, -0.25) is 9.52 Å². The lowest BCUT2D eigenvalue weighted by Gasteiger charge is -2.12. The molecule has 9 heteroatoms. The second-order valence-corrected chi connectivity index (χ2v) is 7.93. The molecule has 0 aliphatic carbocycles. The molecule has 0 bridgehead atoms. The maximum Gasteiger partial charge on any atom is 0.338 e. The zero-order valence-electron chi connectivity index (χ0n) is 15.0. The highest BCUT2D eigenvalue weighted by atomic mass is 35.5. The second-order valence-electron chi connectivity index (χ2n) is 5.77. The zero-order chi connectivity index (χ0) is 20.2. The van der Waals surface area contributed by atoms with Gasteiger partial charge >= 0.3 is 5.97 Å². The van der Waals surface area contributed by atoms with E-state index in [2.05, 4.69) is 10.0 Å². The van der Waals surface area contributed by atoms with Crippen molar-refractivity contribution >= 4 is 44.9 Å². The smallest absolute Gasteiger partial charge is 0.338 e. The number of hydrogen-bond acceptors (Lipinski definition) is 5. The van der Waals surface area contributed by atoms with E-state index in [1.807, 2.05) is 0 Å². The predicted molar refractivity (Wildman–Crippen MR) is 105 cm³/mol. The quantitative estimate of drug-likeness (QED) is 0.710. The summed E-state index contributed by atoms with van der Waals surface area (Å²) in [6, 6.07) is 9.01. The third kappa shape index (κ3) is 5.70. The van der Waals surface area contributed by atoms with Gasteiger partial charge in [0.2, 0.25) is 10.0 Å². The standard InChI is InChI=1S/C18H19ClN2O5S/c1-4-26-18(23)12-6-5-11(2)16(9-12)20-17(22)14-10-13(7-8-15(14)19)21-27(3,24)25/h5-10,21H,4H2,1-3H3,(H,20,22). The molecule has 144 valence electrons. The van der Waals surface area contributed by atoms with Gasteiger partial charge in [-0.15, -0.1) is 0 Å². The Morgan fingerprint density at radius 3 is 2.48 bits per heavy atom. The predicted octanol–water partition coefficient (Wildman–Crippen LogP) is 3.45. The molecule has 2 N–H and O–H groups in total. The van der Waals surface area contributed by atoms with E-state index in [0.29, 0.717) is 11.3 Å². The summed E-state index contributed by atoms with van der Waals surface area (Å²) in [7, 11) is -3.49. The van der Waals surface area contributed by atoms with Gasteiger partial charge in [0.1, 0.15) is 0 Å². The Morgan fingerprint density at radius 1 is 1.15 bits per heavy atom. The number of amides is 1. The van der Waals surface area contributed by atoms with Gasteiger partial charge in [-0.05, 0) is 49.7 Å². The van der Waals surface area contributed by atoms with Crippen molar-refractivity contribution in [2.24, 2.45) is 0 Å². The number of sulfonamides is 1. The Balaban J connectivity index is 2.30. The summed E-state index contributed by atoms with van der Waals surface area (Å²) in [6.45, 7) is 3.71. The average Bonchev–Trinajstić information content (AvgIpc) is 2.57. The number of carbonyl (C=O) groups excluding carboxylic acids is 2. The molecule has 1 amide bonds. The van der Waals surface area contributed by atoms with Crippen molar-refractivity contribution < 1.29 is 22.7 Å². The third-order valence-electron chi connectivity index (χ3n) is 3.51. The number of aryl methyl sites for hydroxylation is 1. The third-order valence-corrected chi connectivity index (χ3v) is 4.45. The zero-order valence-corrected chi connectivity index (χ0v) is 16.6. The molecule has 0 aromatic heterocycles. The number of anilines is 2. The van der Waals surface area contributed by atoms with Crippen molar-refractivity contribution in [2.45, 2.75) is 13.8 Å². The van der Waals surface area contributed by atoms with Crippen LogP contribution in [0.4, 0.5) is 11.4 Å². The SMILES string of the molecule is CCOC(=O)c1ccc(C)c(NC(=O)c2cc(NS(C)(=O)=O)ccc2Cl)c1. The minimum absolute atomic E-state index is 0.0891. The van der Waals surface area contributed by atoms with Gasteiger partial charge in [0.15, 0.2) is 0 Å². The highest BCUT2D eigenvalue weighted by Crippen LogP contribution is 2.24. The molecule has 0 saturated heterocycles. The van der Waals surface area contributed by atoms with Crippen molar-refractivity contribution in [1.29, 1.82) is 0 Å². The Labute approximate surface area is 162 Å². The Hall–Kier alpha value is -2.58. The first kappa shape index (κ1) is 20.7. The summed E-state index contributed by atoms with van der Waals surface area (Å²) in [5.41, 5.74) is 1.76. The van der Waals surface area contributed by atoms with Crippen LogP contribution in [0.5, 0.6) is 0 Å². The van der Waals surface area contributed by atoms with E-state index in [4.69, 9.17) is 16.3 Å². The number of rotatable bonds is 6. The van der Waals surface area contributed by atoms with E-state index in [1.54, 1.807) is 26.0 Å². The fourth-order valence-corrected chi connectivity index (χ4v) is 3.02. The van der Waals surface area contributed by atoms with Crippen LogP contribution in [0.3, 0.4) is 0 Å². The molecule has 0 aliphatic rings. The minimum Gasteiger partial charge on any atom is -0.462 e. The molecule has 0 saturated carbocycles. The Bertz CT molecular complexity index is 989. The van der Waals surface area contributed by atoms with Crippen molar-refractivity contribution in [2.75, 3.05) is 22.9 Å². The first-order chi connectivity index (χ1) is 12.6. The molecule has 7 nitrogen and oxygen atoms in total. The van der Waals surface area contributed by atoms with Crippen molar-refractivity contribution in [3.05, 3.63) is 58.1 Å². The molecule has 0 radical (unpaired) electrons. The van der Waals surface area contributed by atoms with E-state index < -0.39 is 21.9 Å². The van der Waals surface area contributed by atoms with Gasteiger partial charge in [0.25, 0.3) is 5.91 Å². The number of halogens is 1. The molecule has 0 unspecified atom stereocenters. The summed E-state index contributed by atoms with van der Waals surface area (Å²) < 4.78 is 30.0. The molecule has 0 fully saturated rings. The maximum absolute atomic E-state index is 12.6. The Morgan fingerprint density at radius 2 is 1.85 bits per heavy atom. The normalized spacial score (nSPS) is 11.0. The summed E-state index contributed by atoms with van der Waals surface area (Å²) in [4.78, 5) is 24.5. The van der Waals surface area contributed by atoms with E-state index in [9.17, 15) is 18.0 Å². The Kier molecular flexibility index (Phi) is 6.45. The van der Waals surface area contributed by atoms with Crippen LogP contribution in [0, 0.1) is 6.92 Å². The van der Waals surface area contributed by atoms with Crippen LogP contribution in [0.25, 0.3) is 0 Å². The van der Waals surface area contributed by atoms with Crippen LogP contribution in [0.2, 0.25) is 5.02 Å². The van der Waals surface area contributed by atoms with E-state index in [1.165, 1.54) is 24.3 Å². The molecular formula is C18H19ClN2O5S. The van der Waals surface area contributed by atoms with Crippen LogP contribution in [-0.2, 0) is 14.8 Å².